The Balaban J connectivity index is 3.36. The quantitative estimate of drug-likeness (QED) is 0.637. The average molecular weight is 165 g/mol. The smallest absolute Gasteiger partial charge is 0.172 e. The Hall–Kier alpha value is -1.56. The number of aryl methyl sites for hydroxylation is 1. The Bertz CT molecular complexity index is 341. The lowest BCUT2D eigenvalue weighted by atomic mass is 10.1. The van der Waals surface area contributed by atoms with Crippen LogP contribution in [0.15, 0.2) is 12.1 Å². The van der Waals surface area contributed by atoms with Crippen LogP contribution >= 0.6 is 0 Å². The van der Waals surface area contributed by atoms with Crippen LogP contribution in [0.3, 0.4) is 0 Å². The summed E-state index contributed by atoms with van der Waals surface area (Å²) in [6.45, 7) is 1.73. The van der Waals surface area contributed by atoms with Gasteiger partial charge in [0.25, 0.3) is 0 Å². The normalized spacial score (nSPS) is 9.17. The molecule has 62 valence electrons. The SMILES string of the molecule is COc1c(F)cc(C)cc1C#N. The first-order valence-corrected chi connectivity index (χ1v) is 3.43. The van der Waals surface area contributed by atoms with Crippen molar-refractivity contribution in [1.29, 1.82) is 5.26 Å². The van der Waals surface area contributed by atoms with Gasteiger partial charge < -0.3 is 4.74 Å². The van der Waals surface area contributed by atoms with Gasteiger partial charge in [0.2, 0.25) is 0 Å². The Morgan fingerprint density at radius 2 is 2.17 bits per heavy atom. The van der Waals surface area contributed by atoms with Crippen molar-refractivity contribution in [2.24, 2.45) is 0 Å². The fraction of sp³-hybridized carbons (Fsp3) is 0.222. The van der Waals surface area contributed by atoms with E-state index in [0.29, 0.717) is 5.56 Å². The molecule has 1 rings (SSSR count). The second-order valence-corrected chi connectivity index (χ2v) is 2.44. The zero-order valence-electron chi connectivity index (χ0n) is 6.89. The summed E-state index contributed by atoms with van der Waals surface area (Å²) in [7, 11) is 1.34. The monoisotopic (exact) mass is 165 g/mol. The summed E-state index contributed by atoms with van der Waals surface area (Å²) in [5.74, 6) is -0.475. The van der Waals surface area contributed by atoms with E-state index in [1.807, 2.05) is 6.07 Å². The molecule has 0 N–H and O–H groups in total. The van der Waals surface area contributed by atoms with Crippen molar-refractivity contribution in [3.63, 3.8) is 0 Å². The van der Waals surface area contributed by atoms with Crippen LogP contribution in [0.25, 0.3) is 0 Å². The zero-order chi connectivity index (χ0) is 9.14. The number of nitriles is 1. The number of halogens is 1. The van der Waals surface area contributed by atoms with Gasteiger partial charge in [0.15, 0.2) is 11.6 Å². The van der Waals surface area contributed by atoms with Crippen LogP contribution in [-0.4, -0.2) is 7.11 Å². The molecule has 0 unspecified atom stereocenters. The molecule has 0 aliphatic heterocycles. The Kier molecular flexibility index (Phi) is 2.29. The molecule has 12 heavy (non-hydrogen) atoms. The molecule has 0 fully saturated rings. The van der Waals surface area contributed by atoms with E-state index in [1.165, 1.54) is 13.2 Å². The number of hydrogen-bond acceptors (Lipinski definition) is 2. The van der Waals surface area contributed by atoms with Gasteiger partial charge in [-0.15, -0.1) is 0 Å². The van der Waals surface area contributed by atoms with Crippen molar-refractivity contribution in [3.05, 3.63) is 29.1 Å². The molecule has 0 amide bonds. The van der Waals surface area contributed by atoms with Gasteiger partial charge in [0, 0.05) is 0 Å². The summed E-state index contributed by atoms with van der Waals surface area (Å²) in [5.41, 5.74) is 0.944. The first-order valence-electron chi connectivity index (χ1n) is 3.43. The van der Waals surface area contributed by atoms with Crippen molar-refractivity contribution in [2.45, 2.75) is 6.92 Å². The molecular formula is C9H8FNO. The minimum absolute atomic E-state index is 0.0168. The van der Waals surface area contributed by atoms with Gasteiger partial charge in [-0.2, -0.15) is 5.26 Å². The predicted molar refractivity (Wildman–Crippen MR) is 42.4 cm³/mol. The molecule has 0 bridgehead atoms. The van der Waals surface area contributed by atoms with Crippen molar-refractivity contribution in [2.75, 3.05) is 7.11 Å². The van der Waals surface area contributed by atoms with Gasteiger partial charge in [0.1, 0.15) is 6.07 Å². The number of nitrogens with zero attached hydrogens (tertiary/aromatic N) is 1. The van der Waals surface area contributed by atoms with E-state index in [4.69, 9.17) is 10.00 Å². The summed E-state index contributed by atoms with van der Waals surface area (Å²) in [5, 5.41) is 8.60. The molecule has 1 aromatic carbocycles. The van der Waals surface area contributed by atoms with Gasteiger partial charge in [-0.05, 0) is 24.6 Å². The van der Waals surface area contributed by atoms with Crippen molar-refractivity contribution in [1.82, 2.24) is 0 Å². The minimum atomic E-state index is -0.492. The Labute approximate surface area is 70.2 Å². The lowest BCUT2D eigenvalue weighted by Gasteiger charge is -2.04. The van der Waals surface area contributed by atoms with Crippen LogP contribution in [-0.2, 0) is 0 Å². The maximum atomic E-state index is 13.0. The molecule has 0 aromatic heterocycles. The van der Waals surface area contributed by atoms with Crippen molar-refractivity contribution in [3.8, 4) is 11.8 Å². The average Bonchev–Trinajstić information content (AvgIpc) is 2.03. The standard InChI is InChI=1S/C9H8FNO/c1-6-3-7(5-11)9(12-2)8(10)4-6/h3-4H,1-2H3. The number of methoxy groups -OCH3 is 1. The predicted octanol–water partition coefficient (Wildman–Crippen LogP) is 2.01. The fourth-order valence-electron chi connectivity index (χ4n) is 1.02. The van der Waals surface area contributed by atoms with Gasteiger partial charge in [-0.3, -0.25) is 0 Å². The number of hydrogen-bond donors (Lipinski definition) is 0. The van der Waals surface area contributed by atoms with Gasteiger partial charge >= 0.3 is 0 Å². The molecule has 0 saturated heterocycles. The topological polar surface area (TPSA) is 33.0 Å². The van der Waals surface area contributed by atoms with Crippen LogP contribution in [0.4, 0.5) is 4.39 Å². The summed E-state index contributed by atoms with van der Waals surface area (Å²) in [6.07, 6.45) is 0. The second kappa shape index (κ2) is 3.22. The summed E-state index contributed by atoms with van der Waals surface area (Å²) >= 11 is 0. The van der Waals surface area contributed by atoms with E-state index < -0.39 is 5.82 Å². The molecule has 0 aliphatic rings. The molecule has 0 radical (unpaired) electrons. The van der Waals surface area contributed by atoms with E-state index in [9.17, 15) is 4.39 Å². The lowest BCUT2D eigenvalue weighted by Crippen LogP contribution is -1.93. The summed E-state index contributed by atoms with van der Waals surface area (Å²) < 4.78 is 17.7. The van der Waals surface area contributed by atoms with Crippen LogP contribution in [0.5, 0.6) is 5.75 Å². The van der Waals surface area contributed by atoms with Gasteiger partial charge in [-0.25, -0.2) is 4.39 Å². The fourth-order valence-corrected chi connectivity index (χ4v) is 1.02. The maximum absolute atomic E-state index is 13.0. The van der Waals surface area contributed by atoms with Crippen LogP contribution in [0, 0.1) is 24.1 Å². The van der Waals surface area contributed by atoms with E-state index in [1.54, 1.807) is 13.0 Å². The highest BCUT2D eigenvalue weighted by atomic mass is 19.1. The zero-order valence-corrected chi connectivity index (χ0v) is 6.89. The lowest BCUT2D eigenvalue weighted by molar-refractivity contribution is 0.385. The first kappa shape index (κ1) is 8.54. The Morgan fingerprint density at radius 1 is 1.50 bits per heavy atom. The van der Waals surface area contributed by atoms with Gasteiger partial charge in [0.05, 0.1) is 12.7 Å². The Morgan fingerprint density at radius 3 is 2.67 bits per heavy atom. The second-order valence-electron chi connectivity index (χ2n) is 2.44. The minimum Gasteiger partial charge on any atom is -0.492 e. The van der Waals surface area contributed by atoms with E-state index in [0.717, 1.165) is 0 Å². The molecule has 1 aromatic rings. The third-order valence-corrected chi connectivity index (χ3v) is 1.51. The third kappa shape index (κ3) is 1.37. The van der Waals surface area contributed by atoms with E-state index in [2.05, 4.69) is 0 Å². The first-order chi connectivity index (χ1) is 5.69. The van der Waals surface area contributed by atoms with Gasteiger partial charge in [-0.1, -0.05) is 0 Å². The highest BCUT2D eigenvalue weighted by Gasteiger charge is 2.08. The van der Waals surface area contributed by atoms with Crippen LogP contribution in [0.2, 0.25) is 0 Å². The number of ether oxygens (including phenoxy) is 1. The number of benzene rings is 1. The molecule has 3 heteroatoms. The van der Waals surface area contributed by atoms with Crippen LogP contribution in [0.1, 0.15) is 11.1 Å². The largest absolute Gasteiger partial charge is 0.492 e. The van der Waals surface area contributed by atoms with Crippen molar-refractivity contribution < 1.29 is 9.13 Å². The van der Waals surface area contributed by atoms with Crippen molar-refractivity contribution >= 4 is 0 Å². The maximum Gasteiger partial charge on any atom is 0.172 e. The third-order valence-electron chi connectivity index (χ3n) is 1.51. The molecular weight excluding hydrogens is 157 g/mol. The van der Waals surface area contributed by atoms with Crippen LogP contribution < -0.4 is 4.74 Å². The van der Waals surface area contributed by atoms with E-state index >= 15 is 0 Å². The molecule has 0 saturated carbocycles. The summed E-state index contributed by atoms with van der Waals surface area (Å²) in [6, 6.07) is 4.78. The number of rotatable bonds is 1. The molecule has 0 atom stereocenters. The molecule has 0 heterocycles. The van der Waals surface area contributed by atoms with E-state index in [-0.39, 0.29) is 11.3 Å². The molecule has 0 spiro atoms. The molecule has 0 aliphatic carbocycles. The summed E-state index contributed by atoms with van der Waals surface area (Å²) in [4.78, 5) is 0. The highest BCUT2D eigenvalue weighted by Crippen LogP contribution is 2.22. The highest BCUT2D eigenvalue weighted by molar-refractivity contribution is 5.46. The molecule has 2 nitrogen and oxygen atoms in total.